The molecule has 0 bridgehead atoms. The van der Waals surface area contributed by atoms with E-state index in [0.717, 1.165) is 121 Å². The van der Waals surface area contributed by atoms with Crippen molar-refractivity contribution < 1.29 is 4.79 Å². The summed E-state index contributed by atoms with van der Waals surface area (Å²) in [7, 11) is 0. The number of fused-ring (bicyclic) bond motifs is 2. The largest absolute Gasteiger partial charge is 0.352 e. The van der Waals surface area contributed by atoms with E-state index in [9.17, 15) is 14.4 Å². The number of carbonyl (C=O) groups is 1. The molecule has 7 aromatic rings. The number of pyridine rings is 2. The first kappa shape index (κ1) is 35.6. The van der Waals surface area contributed by atoms with E-state index in [0.29, 0.717) is 43.0 Å². The number of benzene rings is 5. The Kier molecular flexibility index (Phi) is 8.72. The molecule has 9 heteroatoms. The van der Waals surface area contributed by atoms with E-state index in [2.05, 4.69) is 45.2 Å². The van der Waals surface area contributed by atoms with E-state index in [-0.39, 0.29) is 23.1 Å². The number of carbonyl (C=O) groups excluding carboxylic acids is 1. The summed E-state index contributed by atoms with van der Waals surface area (Å²) in [5, 5.41) is 16.6. The van der Waals surface area contributed by atoms with Gasteiger partial charge in [0.1, 0.15) is 0 Å². The van der Waals surface area contributed by atoms with Crippen molar-refractivity contribution in [2.24, 2.45) is 9.98 Å². The van der Waals surface area contributed by atoms with Crippen LogP contribution in [0.4, 0.5) is 0 Å². The van der Waals surface area contributed by atoms with Crippen LogP contribution in [-0.4, -0.2) is 58.7 Å². The molecular weight excluding hydrogens is 709 g/mol. The van der Waals surface area contributed by atoms with Gasteiger partial charge < -0.3 is 14.8 Å². The zero-order valence-electron chi connectivity index (χ0n) is 32.7. The van der Waals surface area contributed by atoms with E-state index in [1.165, 1.54) is 19.3 Å². The zero-order chi connectivity index (χ0) is 38.9. The van der Waals surface area contributed by atoms with E-state index in [1.54, 1.807) is 22.7 Å². The van der Waals surface area contributed by atoms with Crippen LogP contribution in [0.25, 0.3) is 83.4 Å². The summed E-state index contributed by atoms with van der Waals surface area (Å²) in [6, 6.07) is 15.1. The van der Waals surface area contributed by atoms with Gasteiger partial charge in [0, 0.05) is 93.1 Å². The third kappa shape index (κ3) is 5.52. The molecule has 57 heavy (non-hydrogen) atoms. The molecule has 2 fully saturated rings. The van der Waals surface area contributed by atoms with Gasteiger partial charge in [-0.15, -0.1) is 0 Å². The van der Waals surface area contributed by atoms with E-state index in [4.69, 9.17) is 18.2 Å². The van der Waals surface area contributed by atoms with Crippen LogP contribution in [0.5, 0.6) is 0 Å². The minimum Gasteiger partial charge on any atom is -0.352 e. The first-order valence-corrected chi connectivity index (χ1v) is 20.8. The molecule has 288 valence electrons. The van der Waals surface area contributed by atoms with Crippen molar-refractivity contribution in [3.05, 3.63) is 85.6 Å². The van der Waals surface area contributed by atoms with Crippen molar-refractivity contribution in [3.63, 3.8) is 0 Å². The van der Waals surface area contributed by atoms with Crippen molar-refractivity contribution in [2.75, 3.05) is 26.2 Å². The number of hydrogen-bond acceptors (Lipinski definition) is 6. The smallest absolute Gasteiger partial charge is 0.261 e. The number of allylic oxidation sites excluding steroid dienone is 1. The van der Waals surface area contributed by atoms with Crippen LogP contribution in [0.2, 0.25) is 0 Å². The Morgan fingerprint density at radius 3 is 1.82 bits per heavy atom. The average molecular weight is 757 g/mol. The molecule has 2 aliphatic carbocycles. The van der Waals surface area contributed by atoms with Crippen LogP contribution >= 0.6 is 0 Å². The number of nitrogens with one attached hydrogen (secondary N) is 1. The Hall–Kier alpha value is -5.83. The molecule has 2 saturated carbocycles. The van der Waals surface area contributed by atoms with Gasteiger partial charge in [0.25, 0.3) is 11.1 Å². The van der Waals surface area contributed by atoms with Crippen molar-refractivity contribution >= 4 is 102 Å². The summed E-state index contributed by atoms with van der Waals surface area (Å²) >= 11 is 0. The first-order chi connectivity index (χ1) is 27.8. The Bertz CT molecular complexity index is 3050. The van der Waals surface area contributed by atoms with Crippen LogP contribution in [0.1, 0.15) is 88.8 Å². The molecule has 0 unspecified atom stereocenters. The van der Waals surface area contributed by atoms with Crippen molar-refractivity contribution in [1.29, 1.82) is 0 Å². The van der Waals surface area contributed by atoms with Gasteiger partial charge in [0.05, 0.1) is 19.4 Å². The summed E-state index contributed by atoms with van der Waals surface area (Å²) < 4.78 is 3.96. The normalized spacial score (nSPS) is 18.3. The number of nitrogens with zero attached hydrogens (tertiary/aromatic N) is 5. The lowest BCUT2D eigenvalue weighted by molar-refractivity contribution is -0.128. The van der Waals surface area contributed by atoms with Crippen LogP contribution < -0.4 is 27.1 Å². The quantitative estimate of drug-likeness (QED) is 0.149. The first-order valence-electron chi connectivity index (χ1n) is 20.8. The molecule has 1 N–H and O–H groups in total. The molecule has 0 atom stereocenters. The Balaban J connectivity index is 1.33. The maximum atomic E-state index is 14.4. The second-order valence-corrected chi connectivity index (χ2v) is 16.5. The fraction of sp³-hybridized carbons (Fsp3) is 0.354. The maximum absolute atomic E-state index is 14.4. The highest BCUT2D eigenvalue weighted by Gasteiger charge is 2.27. The van der Waals surface area contributed by atoms with Gasteiger partial charge in [-0.2, -0.15) is 0 Å². The summed E-state index contributed by atoms with van der Waals surface area (Å²) in [4.78, 5) is 52.5. The summed E-state index contributed by atoms with van der Waals surface area (Å²) in [6.07, 6.45) is 16.3. The third-order valence-electron chi connectivity index (χ3n) is 13.4. The summed E-state index contributed by atoms with van der Waals surface area (Å²) in [5.74, 6) is 0.00248. The zero-order valence-corrected chi connectivity index (χ0v) is 32.7. The lowest BCUT2D eigenvalue weighted by atomic mass is 9.82. The Labute approximate surface area is 330 Å². The highest BCUT2D eigenvalue weighted by atomic mass is 16.2. The van der Waals surface area contributed by atoms with E-state index >= 15 is 0 Å². The monoisotopic (exact) mass is 756 g/mol. The van der Waals surface area contributed by atoms with Gasteiger partial charge in [0.15, 0.2) is 0 Å². The van der Waals surface area contributed by atoms with E-state index < -0.39 is 0 Å². The average Bonchev–Trinajstić information content (AvgIpc) is 3.22. The molecular formula is C48H48N6O3. The SMILES string of the molecule is C=c1c2ccc3c4ccc5c(=O)n(C6CCCCC6)c(=O)c6ccc(c7c(C8=CNC=NCCN(C(C)=O)CCN=C8)cc(c(=C)n1C1CCCCC1)c2c37)c4c56. The van der Waals surface area contributed by atoms with Gasteiger partial charge in [-0.25, -0.2) is 0 Å². The molecule has 1 amide bonds. The molecule has 1 aliphatic heterocycles. The molecule has 2 aromatic heterocycles. The van der Waals surface area contributed by atoms with Crippen LogP contribution in [-0.2, 0) is 4.79 Å². The number of amides is 1. The molecule has 9 nitrogen and oxygen atoms in total. The van der Waals surface area contributed by atoms with Crippen molar-refractivity contribution in [1.82, 2.24) is 19.4 Å². The van der Waals surface area contributed by atoms with Crippen LogP contribution in [0, 0.1) is 0 Å². The molecule has 5 aromatic carbocycles. The lowest BCUT2D eigenvalue weighted by Crippen LogP contribution is -2.37. The van der Waals surface area contributed by atoms with Crippen LogP contribution in [0.3, 0.4) is 0 Å². The summed E-state index contributed by atoms with van der Waals surface area (Å²) in [6.45, 7) is 13.1. The minimum atomic E-state index is -0.188. The number of rotatable bonds is 3. The van der Waals surface area contributed by atoms with Gasteiger partial charge in [-0.05, 0) is 81.8 Å². The van der Waals surface area contributed by atoms with Gasteiger partial charge in [0.2, 0.25) is 5.91 Å². The van der Waals surface area contributed by atoms with Crippen molar-refractivity contribution in [3.8, 4) is 0 Å². The number of hydrogen-bond donors (Lipinski definition) is 1. The van der Waals surface area contributed by atoms with E-state index in [1.807, 2.05) is 24.5 Å². The topological polar surface area (TPSA) is 101 Å². The fourth-order valence-corrected chi connectivity index (χ4v) is 10.7. The Morgan fingerprint density at radius 1 is 0.632 bits per heavy atom. The predicted octanol–water partition coefficient (Wildman–Crippen LogP) is 7.53. The second kappa shape index (κ2) is 14.0. The lowest BCUT2D eigenvalue weighted by Gasteiger charge is -2.28. The third-order valence-corrected chi connectivity index (χ3v) is 13.4. The second-order valence-electron chi connectivity index (χ2n) is 16.5. The van der Waals surface area contributed by atoms with Crippen LogP contribution in [0.15, 0.2) is 68.2 Å². The molecule has 3 aliphatic rings. The van der Waals surface area contributed by atoms with Gasteiger partial charge >= 0.3 is 0 Å². The number of aliphatic imine (C=N–C) groups is 2. The minimum absolute atomic E-state index is 0.00248. The van der Waals surface area contributed by atoms with Crippen molar-refractivity contribution in [2.45, 2.75) is 83.2 Å². The highest BCUT2D eigenvalue weighted by Crippen LogP contribution is 2.46. The molecule has 3 heterocycles. The highest BCUT2D eigenvalue weighted by molar-refractivity contribution is 6.41. The molecule has 0 spiro atoms. The molecule has 0 radical (unpaired) electrons. The Morgan fingerprint density at radius 2 is 1.16 bits per heavy atom. The fourth-order valence-electron chi connectivity index (χ4n) is 10.7. The van der Waals surface area contributed by atoms with Gasteiger partial charge in [-0.3, -0.25) is 28.9 Å². The number of aromatic nitrogens is 2. The molecule has 10 rings (SSSR count). The maximum Gasteiger partial charge on any atom is 0.261 e. The summed E-state index contributed by atoms with van der Waals surface area (Å²) in [5.41, 5.74) is 1.43. The molecule has 0 saturated heterocycles. The standard InChI is InChI=1S/C48H48N6O3/c1-28-34-14-15-36-35-16-18-38-45-39(48(57)54(47(38)56)33-12-8-5-9-13-33)19-17-37(43(35)45)44-41(31-25-49-20-22-52(30(3)55)23-21-50-27-51-26-31)24-40(42(34)46(36)44)29(2)53(28)32-10-6-4-7-11-32/h14-19,24-27,32-33H,1-2,4-13,20-23H2,3H3,(H,50,51). The predicted molar refractivity (Wildman–Crippen MR) is 237 cm³/mol. The van der Waals surface area contributed by atoms with Gasteiger partial charge in [-0.1, -0.05) is 75.9 Å².